The molecule has 0 atom stereocenters. The number of aryl methyl sites for hydroxylation is 1. The highest BCUT2D eigenvalue weighted by Gasteiger charge is 2.50. The molecule has 0 bridgehead atoms. The van der Waals surface area contributed by atoms with Crippen molar-refractivity contribution in [2.75, 3.05) is 9.80 Å². The molecule has 0 radical (unpaired) electrons. The maximum absolute atomic E-state index is 9.88. The summed E-state index contributed by atoms with van der Waals surface area (Å²) in [5, 5.41) is 0. The molecule has 2 aliphatic heterocycles. The first-order chi connectivity index (χ1) is 25.8. The van der Waals surface area contributed by atoms with Crippen molar-refractivity contribution in [2.24, 2.45) is 0 Å². The van der Waals surface area contributed by atoms with Gasteiger partial charge in [0.15, 0.2) is 0 Å². The number of fused-ring (bicyclic) bond motifs is 6. The first kappa shape index (κ1) is 32.7. The van der Waals surface area contributed by atoms with Gasteiger partial charge in [0.1, 0.15) is 0 Å². The molecule has 0 saturated carbocycles. The standard InChI is InChI=1S/C49H59BN2S/c1-30-27-38-41-39(28-30)52(35-22-17-32(18-23-35)46(5,6)7)42-40-43(49(13,14)26-25-48(40,11)12)53-44(42)50(41)36-29-33(47(8,9)10)19-24-37(36)51(38)34-20-15-31(16-21-34)45(2,3)4/h15-24,27-29H,25-26H2,1-14H3/i20D,21D,24D. The highest BCUT2D eigenvalue weighted by atomic mass is 32.1. The Hall–Kier alpha value is -3.76. The molecule has 4 heteroatoms. The van der Waals surface area contributed by atoms with Crippen LogP contribution in [-0.2, 0) is 27.1 Å². The number of rotatable bonds is 2. The van der Waals surface area contributed by atoms with E-state index in [1.165, 1.54) is 31.9 Å². The first-order valence-electron chi connectivity index (χ1n) is 21.1. The second kappa shape index (κ2) is 11.6. The minimum absolute atomic E-state index is 0.0198. The minimum Gasteiger partial charge on any atom is -0.311 e. The number of benzene rings is 4. The van der Waals surface area contributed by atoms with Crippen molar-refractivity contribution in [1.82, 2.24) is 0 Å². The summed E-state index contributed by atoms with van der Waals surface area (Å²) >= 11 is 1.99. The summed E-state index contributed by atoms with van der Waals surface area (Å²) in [4.78, 5) is 6.16. The largest absolute Gasteiger partial charge is 0.311 e. The van der Waals surface area contributed by atoms with Crippen LogP contribution in [0.5, 0.6) is 0 Å². The van der Waals surface area contributed by atoms with Gasteiger partial charge in [-0.25, -0.2) is 0 Å². The number of nitrogens with zero attached hydrogens (tertiary/aromatic N) is 2. The summed E-state index contributed by atoms with van der Waals surface area (Å²) in [6, 6.07) is 23.2. The van der Waals surface area contributed by atoms with Gasteiger partial charge in [-0.3, -0.25) is 0 Å². The van der Waals surface area contributed by atoms with Crippen molar-refractivity contribution in [3.8, 4) is 0 Å². The average Bonchev–Trinajstić information content (AvgIpc) is 3.49. The zero-order chi connectivity index (χ0) is 40.8. The minimum atomic E-state index is -0.209. The molecule has 5 aromatic rings. The third-order valence-corrected chi connectivity index (χ3v) is 13.9. The third-order valence-electron chi connectivity index (χ3n) is 12.3. The molecule has 0 N–H and O–H groups in total. The van der Waals surface area contributed by atoms with E-state index in [-0.39, 0.29) is 33.8 Å². The summed E-state index contributed by atoms with van der Waals surface area (Å²) in [5.41, 5.74) is 13.8. The fourth-order valence-electron chi connectivity index (χ4n) is 8.82. The van der Waals surface area contributed by atoms with Crippen LogP contribution in [-0.4, -0.2) is 6.71 Å². The van der Waals surface area contributed by atoms with Gasteiger partial charge in [0.05, 0.1) is 9.80 Å². The van der Waals surface area contributed by atoms with E-state index >= 15 is 0 Å². The van der Waals surface area contributed by atoms with Gasteiger partial charge in [-0.2, -0.15) is 11.3 Å². The quantitative estimate of drug-likeness (QED) is 0.164. The maximum Gasteiger partial charge on any atom is 0.264 e. The molecule has 0 saturated heterocycles. The lowest BCUT2D eigenvalue weighted by Crippen LogP contribution is -2.61. The van der Waals surface area contributed by atoms with E-state index in [0.717, 1.165) is 57.7 Å². The SMILES string of the molecule is [2H]c1cc(C(C)(C)C)cc([2H])c1N1c2cc(C)cc3c2B(c2cc(C(C)(C)C)cc([2H])c21)c1sc2c(c1N3c1ccc(C(C)(C)C)cc1)C(C)(C)CCC2(C)C. The van der Waals surface area contributed by atoms with Crippen LogP contribution < -0.4 is 25.5 Å². The molecule has 274 valence electrons. The van der Waals surface area contributed by atoms with Crippen LogP contribution in [0.1, 0.15) is 140 Å². The van der Waals surface area contributed by atoms with Crippen molar-refractivity contribution < 1.29 is 4.11 Å². The van der Waals surface area contributed by atoms with Crippen LogP contribution in [0.25, 0.3) is 0 Å². The molecule has 0 spiro atoms. The molecule has 3 aliphatic rings. The zero-order valence-corrected chi connectivity index (χ0v) is 35.4. The Balaban J connectivity index is 1.54. The van der Waals surface area contributed by atoms with Gasteiger partial charge in [0.2, 0.25) is 0 Å². The van der Waals surface area contributed by atoms with E-state index in [0.29, 0.717) is 23.8 Å². The summed E-state index contributed by atoms with van der Waals surface area (Å²) in [6.07, 6.45) is 2.25. The maximum atomic E-state index is 9.88. The topological polar surface area (TPSA) is 6.48 Å². The lowest BCUT2D eigenvalue weighted by Gasteiger charge is -2.45. The molecule has 1 aromatic heterocycles. The van der Waals surface area contributed by atoms with Gasteiger partial charge in [0.25, 0.3) is 6.71 Å². The van der Waals surface area contributed by atoms with Crippen molar-refractivity contribution in [1.29, 1.82) is 0 Å². The Bertz CT molecular complexity index is 2410. The fourth-order valence-corrected chi connectivity index (χ4v) is 10.5. The summed E-state index contributed by atoms with van der Waals surface area (Å²) in [7, 11) is 0. The molecular formula is C49H59BN2S. The molecule has 0 amide bonds. The second-order valence-corrected chi connectivity index (χ2v) is 21.5. The molecule has 2 nitrogen and oxygen atoms in total. The molecule has 0 fully saturated rings. The second-order valence-electron chi connectivity index (χ2n) is 20.5. The highest BCUT2D eigenvalue weighted by molar-refractivity contribution is 7.29. The fraction of sp³-hybridized carbons (Fsp3) is 0.429. The number of thiophene rings is 1. The van der Waals surface area contributed by atoms with E-state index in [1.54, 1.807) is 0 Å². The molecule has 3 heterocycles. The van der Waals surface area contributed by atoms with E-state index in [4.69, 9.17) is 0 Å². The van der Waals surface area contributed by atoms with Crippen LogP contribution in [0.4, 0.5) is 34.1 Å². The van der Waals surface area contributed by atoms with Crippen LogP contribution in [0.3, 0.4) is 0 Å². The molecule has 4 aromatic carbocycles. The van der Waals surface area contributed by atoms with Crippen molar-refractivity contribution in [3.05, 3.63) is 111 Å². The van der Waals surface area contributed by atoms with Gasteiger partial charge in [-0.15, -0.1) is 0 Å². The van der Waals surface area contributed by atoms with E-state index in [1.807, 2.05) is 29.5 Å². The van der Waals surface area contributed by atoms with Crippen LogP contribution in [0, 0.1) is 6.92 Å². The molecule has 8 rings (SSSR count). The smallest absolute Gasteiger partial charge is 0.264 e. The van der Waals surface area contributed by atoms with E-state index < -0.39 is 0 Å². The van der Waals surface area contributed by atoms with E-state index in [9.17, 15) is 4.11 Å². The monoisotopic (exact) mass is 721 g/mol. The highest BCUT2D eigenvalue weighted by Crippen LogP contribution is 2.56. The summed E-state index contributed by atoms with van der Waals surface area (Å²) < 4.78 is 30.4. The normalized spacial score (nSPS) is 18.1. The molecular weight excluding hydrogens is 659 g/mol. The Morgan fingerprint density at radius 2 is 1.15 bits per heavy atom. The Labute approximate surface area is 329 Å². The van der Waals surface area contributed by atoms with Crippen molar-refractivity contribution >= 4 is 67.9 Å². The lowest BCUT2D eigenvalue weighted by atomic mass is 9.35. The van der Waals surface area contributed by atoms with Gasteiger partial charge < -0.3 is 9.80 Å². The Kier molecular flexibility index (Phi) is 7.16. The first-order valence-corrected chi connectivity index (χ1v) is 20.4. The van der Waals surface area contributed by atoms with Crippen molar-refractivity contribution in [3.63, 3.8) is 0 Å². The van der Waals surface area contributed by atoms with E-state index in [2.05, 4.69) is 149 Å². The van der Waals surface area contributed by atoms with Gasteiger partial charge in [-0.1, -0.05) is 126 Å². The average molecular weight is 722 g/mol. The van der Waals surface area contributed by atoms with Gasteiger partial charge in [0, 0.05) is 38.1 Å². The van der Waals surface area contributed by atoms with Crippen LogP contribution >= 0.6 is 11.3 Å². The molecule has 1 aliphatic carbocycles. The van der Waals surface area contributed by atoms with Crippen molar-refractivity contribution in [2.45, 2.75) is 137 Å². The third kappa shape index (κ3) is 5.73. The predicted octanol–water partition coefficient (Wildman–Crippen LogP) is 12.4. The Morgan fingerprint density at radius 3 is 1.74 bits per heavy atom. The van der Waals surface area contributed by atoms with Gasteiger partial charge in [-0.05, 0) is 128 Å². The Morgan fingerprint density at radius 1 is 0.623 bits per heavy atom. The summed E-state index contributed by atoms with van der Waals surface area (Å²) in [5.74, 6) is 0. The van der Waals surface area contributed by atoms with Crippen LogP contribution in [0.15, 0.2) is 78.8 Å². The molecule has 53 heavy (non-hydrogen) atoms. The summed E-state index contributed by atoms with van der Waals surface area (Å²) in [6.45, 7) is 31.7. The number of hydrogen-bond donors (Lipinski definition) is 0. The predicted molar refractivity (Wildman–Crippen MR) is 234 cm³/mol. The van der Waals surface area contributed by atoms with Gasteiger partial charge >= 0.3 is 0 Å². The van der Waals surface area contributed by atoms with Crippen LogP contribution in [0.2, 0.25) is 0 Å². The number of anilines is 6. The lowest BCUT2D eigenvalue weighted by molar-refractivity contribution is 0.339. The number of hydrogen-bond acceptors (Lipinski definition) is 3. The molecule has 0 unspecified atom stereocenters. The zero-order valence-electron chi connectivity index (χ0n) is 37.6.